The highest BCUT2D eigenvalue weighted by molar-refractivity contribution is 7.16. The molecule has 1 aliphatic heterocycles. The van der Waals surface area contributed by atoms with E-state index in [-0.39, 0.29) is 12.0 Å². The van der Waals surface area contributed by atoms with Gasteiger partial charge in [-0.05, 0) is 12.5 Å². The SMILES string of the molecule is N#CC[C@@H]([C@H]1CCN(c2ncc3ncsc3n2)C1)n1cc(-c2ncnc3[nH]ccc23)cn1. The summed E-state index contributed by atoms with van der Waals surface area (Å²) in [4.78, 5) is 28.3. The second-order valence-electron chi connectivity index (χ2n) is 7.81. The summed E-state index contributed by atoms with van der Waals surface area (Å²) in [5, 5.41) is 15.1. The number of nitriles is 1. The van der Waals surface area contributed by atoms with Crippen molar-refractivity contribution in [3.05, 3.63) is 42.7 Å². The van der Waals surface area contributed by atoms with Crippen molar-refractivity contribution < 1.29 is 0 Å². The maximum atomic E-state index is 9.51. The second-order valence-corrected chi connectivity index (χ2v) is 8.64. The third-order valence-electron chi connectivity index (χ3n) is 6.00. The van der Waals surface area contributed by atoms with Crippen molar-refractivity contribution in [1.29, 1.82) is 5.26 Å². The summed E-state index contributed by atoms with van der Waals surface area (Å²) >= 11 is 1.52. The van der Waals surface area contributed by atoms with E-state index in [4.69, 9.17) is 0 Å². The second kappa shape index (κ2) is 7.65. The fraction of sp³-hybridized carbons (Fsp3) is 0.286. The van der Waals surface area contributed by atoms with Gasteiger partial charge in [0.25, 0.3) is 0 Å². The Hall–Kier alpha value is -3.91. The minimum Gasteiger partial charge on any atom is -0.346 e. The van der Waals surface area contributed by atoms with Crippen LogP contribution in [0, 0.1) is 17.2 Å². The number of fused-ring (bicyclic) bond motifs is 2. The Morgan fingerprint density at radius 3 is 3.16 bits per heavy atom. The lowest BCUT2D eigenvalue weighted by molar-refractivity contribution is 0.332. The molecule has 5 aromatic heterocycles. The third-order valence-corrected chi connectivity index (χ3v) is 6.73. The molecule has 0 saturated carbocycles. The minimum atomic E-state index is -0.0329. The van der Waals surface area contributed by atoms with Gasteiger partial charge in [-0.3, -0.25) is 4.68 Å². The van der Waals surface area contributed by atoms with Crippen molar-refractivity contribution in [2.75, 3.05) is 18.0 Å². The van der Waals surface area contributed by atoms with Crippen LogP contribution in [0.1, 0.15) is 18.9 Å². The largest absolute Gasteiger partial charge is 0.346 e. The van der Waals surface area contributed by atoms with Gasteiger partial charge in [0.15, 0.2) is 0 Å². The van der Waals surface area contributed by atoms with Crippen molar-refractivity contribution >= 4 is 38.7 Å². The number of anilines is 1. The highest BCUT2D eigenvalue weighted by atomic mass is 32.1. The Morgan fingerprint density at radius 1 is 1.25 bits per heavy atom. The number of nitrogens with zero attached hydrogens (tertiary/aromatic N) is 9. The monoisotopic (exact) mass is 442 g/mol. The van der Waals surface area contributed by atoms with Crippen LogP contribution in [0.15, 0.2) is 42.7 Å². The Morgan fingerprint density at radius 2 is 2.22 bits per heavy atom. The lowest BCUT2D eigenvalue weighted by Gasteiger charge is -2.22. The summed E-state index contributed by atoms with van der Waals surface area (Å²) in [5.74, 6) is 0.984. The van der Waals surface area contributed by atoms with Gasteiger partial charge in [0, 0.05) is 42.4 Å². The zero-order chi connectivity index (χ0) is 21.5. The third kappa shape index (κ3) is 3.16. The maximum Gasteiger partial charge on any atom is 0.226 e. The molecule has 6 rings (SSSR count). The van der Waals surface area contributed by atoms with Gasteiger partial charge in [-0.1, -0.05) is 0 Å². The standard InChI is InChI=1S/C21H18N10S/c22-4-1-17(13-3-6-30(9-13)21-24-8-16-20(29-21)32-12-27-16)31-10-14(7-28-31)18-15-2-5-23-19(15)26-11-25-18/h2,5,7-8,10-13,17H,1,3,6,9H2,(H,23,25,26)/t13-,17-/m0/s1. The van der Waals surface area contributed by atoms with Crippen molar-refractivity contribution in [1.82, 2.24) is 39.7 Å². The number of hydrogen-bond acceptors (Lipinski definition) is 9. The molecule has 11 heteroatoms. The van der Waals surface area contributed by atoms with Gasteiger partial charge < -0.3 is 9.88 Å². The first-order valence-electron chi connectivity index (χ1n) is 10.3. The maximum absolute atomic E-state index is 9.51. The predicted molar refractivity (Wildman–Crippen MR) is 120 cm³/mol. The number of nitrogens with one attached hydrogen (secondary N) is 1. The first-order valence-corrected chi connectivity index (χ1v) is 11.2. The number of hydrogen-bond donors (Lipinski definition) is 1. The zero-order valence-corrected chi connectivity index (χ0v) is 17.8. The van der Waals surface area contributed by atoms with Crippen LogP contribution in [0.3, 0.4) is 0 Å². The fourth-order valence-electron chi connectivity index (χ4n) is 4.41. The lowest BCUT2D eigenvalue weighted by Crippen LogP contribution is -2.26. The topological polar surface area (TPSA) is 125 Å². The quantitative estimate of drug-likeness (QED) is 0.440. The molecule has 10 nitrogen and oxygen atoms in total. The molecule has 2 atom stereocenters. The smallest absolute Gasteiger partial charge is 0.226 e. The molecule has 1 saturated heterocycles. The van der Waals surface area contributed by atoms with E-state index in [0.717, 1.165) is 58.1 Å². The molecule has 0 spiro atoms. The van der Waals surface area contributed by atoms with E-state index < -0.39 is 0 Å². The van der Waals surface area contributed by atoms with Crippen molar-refractivity contribution in [2.45, 2.75) is 18.9 Å². The molecule has 6 heterocycles. The Balaban J connectivity index is 1.27. The van der Waals surface area contributed by atoms with Crippen LogP contribution in [0.5, 0.6) is 0 Å². The summed E-state index contributed by atoms with van der Waals surface area (Å²) in [6.07, 6.45) is 10.3. The minimum absolute atomic E-state index is 0.0329. The van der Waals surface area contributed by atoms with Gasteiger partial charge in [0.2, 0.25) is 5.95 Å². The van der Waals surface area contributed by atoms with E-state index in [2.05, 4.69) is 46.0 Å². The summed E-state index contributed by atoms with van der Waals surface area (Å²) in [7, 11) is 0. The van der Waals surface area contributed by atoms with Crippen molar-refractivity contribution in [2.24, 2.45) is 5.92 Å². The van der Waals surface area contributed by atoms with Crippen LogP contribution < -0.4 is 4.90 Å². The van der Waals surface area contributed by atoms with Crippen molar-refractivity contribution in [3.63, 3.8) is 0 Å². The van der Waals surface area contributed by atoms with Gasteiger partial charge in [0.05, 0.1) is 42.1 Å². The number of thiazole rings is 1. The van der Waals surface area contributed by atoms with E-state index in [9.17, 15) is 5.26 Å². The molecule has 0 aliphatic carbocycles. The van der Waals surface area contributed by atoms with Crippen LogP contribution in [-0.4, -0.2) is 52.8 Å². The predicted octanol–water partition coefficient (Wildman–Crippen LogP) is 3.20. The molecular weight excluding hydrogens is 424 g/mol. The average molecular weight is 443 g/mol. The molecule has 5 aromatic rings. The first kappa shape index (κ1) is 18.8. The molecule has 1 fully saturated rings. The van der Waals surface area contributed by atoms with E-state index in [1.807, 2.05) is 29.3 Å². The number of aromatic amines is 1. The number of aromatic nitrogens is 8. The van der Waals surface area contributed by atoms with E-state index in [0.29, 0.717) is 6.42 Å². The molecule has 0 amide bonds. The molecule has 32 heavy (non-hydrogen) atoms. The van der Waals surface area contributed by atoms with Gasteiger partial charge >= 0.3 is 0 Å². The molecule has 0 bridgehead atoms. The van der Waals surface area contributed by atoms with Crippen LogP contribution in [0.4, 0.5) is 5.95 Å². The zero-order valence-electron chi connectivity index (χ0n) is 17.0. The summed E-state index contributed by atoms with van der Waals surface area (Å²) in [5.41, 5.74) is 5.14. The average Bonchev–Trinajstić information content (AvgIpc) is 3.62. The Bertz CT molecular complexity index is 1440. The first-order chi connectivity index (χ1) is 15.8. The summed E-state index contributed by atoms with van der Waals surface area (Å²) in [6.45, 7) is 1.63. The molecule has 158 valence electrons. The molecular formula is C21H18N10S. The highest BCUT2D eigenvalue weighted by Crippen LogP contribution is 2.33. The van der Waals surface area contributed by atoms with Gasteiger partial charge in [-0.25, -0.2) is 24.9 Å². The Kier molecular flexibility index (Phi) is 4.50. The normalized spacial score (nSPS) is 17.2. The van der Waals surface area contributed by atoms with Gasteiger partial charge in [0.1, 0.15) is 22.3 Å². The van der Waals surface area contributed by atoms with Gasteiger partial charge in [-0.15, -0.1) is 11.3 Å². The fourth-order valence-corrected chi connectivity index (χ4v) is 5.04. The van der Waals surface area contributed by atoms with Crippen LogP contribution in [0.25, 0.3) is 32.6 Å². The van der Waals surface area contributed by atoms with Crippen molar-refractivity contribution in [3.8, 4) is 17.3 Å². The molecule has 0 unspecified atom stereocenters. The number of rotatable bonds is 5. The van der Waals surface area contributed by atoms with Gasteiger partial charge in [-0.2, -0.15) is 10.4 Å². The van der Waals surface area contributed by atoms with Crippen LogP contribution in [-0.2, 0) is 0 Å². The lowest BCUT2D eigenvalue weighted by atomic mass is 9.96. The highest BCUT2D eigenvalue weighted by Gasteiger charge is 2.32. The van der Waals surface area contributed by atoms with E-state index in [1.54, 1.807) is 18.0 Å². The summed E-state index contributed by atoms with van der Waals surface area (Å²) < 4.78 is 1.92. The molecule has 1 N–H and O–H groups in total. The molecule has 0 radical (unpaired) electrons. The van der Waals surface area contributed by atoms with Crippen LogP contribution in [0.2, 0.25) is 0 Å². The van der Waals surface area contributed by atoms with E-state index in [1.165, 1.54) is 11.3 Å². The molecule has 1 aliphatic rings. The Labute approximate surface area is 186 Å². The summed E-state index contributed by atoms with van der Waals surface area (Å²) in [6, 6.07) is 4.27. The van der Waals surface area contributed by atoms with Crippen LogP contribution >= 0.6 is 11.3 Å². The molecule has 0 aromatic carbocycles. The van der Waals surface area contributed by atoms with E-state index >= 15 is 0 Å². The number of H-pyrrole nitrogens is 1.